The van der Waals surface area contributed by atoms with E-state index in [1.165, 1.54) is 27.4 Å². The van der Waals surface area contributed by atoms with Crippen LogP contribution in [-0.4, -0.2) is 45.3 Å². The predicted molar refractivity (Wildman–Crippen MR) is 132 cm³/mol. The van der Waals surface area contributed by atoms with E-state index >= 15 is 0 Å². The van der Waals surface area contributed by atoms with Gasteiger partial charge in [-0.2, -0.15) is 0 Å². The molecule has 3 rings (SSSR count). The van der Waals surface area contributed by atoms with Crippen LogP contribution >= 0.6 is 0 Å². The standard InChI is InChI=1S/C26H27N3O6/c1-33-22-16-20(23(34-2)15-19(22)27-24(30)18-12-8-5-9-13-18)28-25(31)21(29-26(32)35-3)14-17-10-6-4-7-11-17/h4-13,15-16,21H,14H2,1-3H3,(H,27,30)(H,28,31)(H,29,32)/t21-/m1/s1. The maximum absolute atomic E-state index is 13.1. The topological polar surface area (TPSA) is 115 Å². The molecule has 0 aliphatic rings. The largest absolute Gasteiger partial charge is 0.494 e. The van der Waals surface area contributed by atoms with Crippen LogP contribution in [0.15, 0.2) is 72.8 Å². The number of nitrogens with one attached hydrogen (secondary N) is 3. The van der Waals surface area contributed by atoms with Gasteiger partial charge in [0.25, 0.3) is 5.91 Å². The second-order valence-electron chi connectivity index (χ2n) is 7.44. The molecule has 0 unspecified atom stereocenters. The number of amides is 3. The molecule has 1 atom stereocenters. The molecule has 0 fully saturated rings. The second kappa shape index (κ2) is 12.1. The number of methoxy groups -OCH3 is 3. The summed E-state index contributed by atoms with van der Waals surface area (Å²) in [4.78, 5) is 37.6. The Morgan fingerprint density at radius 2 is 1.31 bits per heavy atom. The second-order valence-corrected chi connectivity index (χ2v) is 7.44. The lowest BCUT2D eigenvalue weighted by molar-refractivity contribution is -0.118. The molecule has 9 nitrogen and oxygen atoms in total. The molecule has 0 aromatic heterocycles. The molecule has 0 bridgehead atoms. The van der Waals surface area contributed by atoms with Crippen LogP contribution in [0.3, 0.4) is 0 Å². The van der Waals surface area contributed by atoms with Gasteiger partial charge in [-0.25, -0.2) is 4.79 Å². The summed E-state index contributed by atoms with van der Waals surface area (Å²) in [6.07, 6.45) is -0.489. The Morgan fingerprint density at radius 1 is 0.771 bits per heavy atom. The number of rotatable bonds is 9. The minimum Gasteiger partial charge on any atom is -0.494 e. The highest BCUT2D eigenvalue weighted by molar-refractivity contribution is 6.06. The summed E-state index contributed by atoms with van der Waals surface area (Å²) < 4.78 is 15.5. The molecule has 3 amide bonds. The molecule has 3 aromatic carbocycles. The van der Waals surface area contributed by atoms with Crippen LogP contribution in [0.1, 0.15) is 15.9 Å². The number of carbonyl (C=O) groups excluding carboxylic acids is 3. The Morgan fingerprint density at radius 3 is 1.86 bits per heavy atom. The van der Waals surface area contributed by atoms with Crippen LogP contribution in [0.5, 0.6) is 11.5 Å². The van der Waals surface area contributed by atoms with Crippen LogP contribution < -0.4 is 25.4 Å². The van der Waals surface area contributed by atoms with Crippen LogP contribution in [-0.2, 0) is 16.0 Å². The molecule has 9 heteroatoms. The van der Waals surface area contributed by atoms with Crippen molar-refractivity contribution >= 4 is 29.3 Å². The van der Waals surface area contributed by atoms with Gasteiger partial charge < -0.3 is 30.2 Å². The summed E-state index contributed by atoms with van der Waals surface area (Å²) in [6, 6.07) is 20.2. The van der Waals surface area contributed by atoms with Gasteiger partial charge in [0.15, 0.2) is 0 Å². The summed E-state index contributed by atoms with van der Waals surface area (Å²) in [5.74, 6) is -0.210. The first kappa shape index (κ1) is 25.1. The fourth-order valence-corrected chi connectivity index (χ4v) is 3.36. The van der Waals surface area contributed by atoms with Crippen molar-refractivity contribution in [2.24, 2.45) is 0 Å². The first-order chi connectivity index (χ1) is 16.9. The SMILES string of the molecule is COC(=O)N[C@H](Cc1ccccc1)C(=O)Nc1cc(OC)c(NC(=O)c2ccccc2)cc1OC. The maximum Gasteiger partial charge on any atom is 0.407 e. The van der Waals surface area contributed by atoms with E-state index in [9.17, 15) is 14.4 Å². The summed E-state index contributed by atoms with van der Waals surface area (Å²) >= 11 is 0. The van der Waals surface area contributed by atoms with Crippen molar-refractivity contribution in [1.29, 1.82) is 0 Å². The fourth-order valence-electron chi connectivity index (χ4n) is 3.36. The average Bonchev–Trinajstić information content (AvgIpc) is 2.89. The maximum atomic E-state index is 13.1. The Labute approximate surface area is 203 Å². The Balaban J connectivity index is 1.84. The molecule has 182 valence electrons. The number of hydrogen-bond donors (Lipinski definition) is 3. The molecular weight excluding hydrogens is 450 g/mol. The van der Waals surface area contributed by atoms with Crippen molar-refractivity contribution in [3.8, 4) is 11.5 Å². The molecule has 0 saturated heterocycles. The lowest BCUT2D eigenvalue weighted by atomic mass is 10.1. The Bertz CT molecular complexity index is 1170. The zero-order valence-corrected chi connectivity index (χ0v) is 19.7. The van der Waals surface area contributed by atoms with E-state index in [2.05, 4.69) is 20.7 Å². The molecule has 0 aliphatic carbocycles. The highest BCUT2D eigenvalue weighted by atomic mass is 16.5. The fraction of sp³-hybridized carbons (Fsp3) is 0.192. The van der Waals surface area contributed by atoms with Gasteiger partial charge in [0.05, 0.1) is 32.7 Å². The number of carbonyl (C=O) groups is 3. The van der Waals surface area contributed by atoms with E-state index in [0.717, 1.165) is 5.56 Å². The van der Waals surface area contributed by atoms with E-state index in [4.69, 9.17) is 9.47 Å². The number of alkyl carbamates (subject to hydrolysis) is 1. The zero-order chi connectivity index (χ0) is 25.2. The quantitative estimate of drug-likeness (QED) is 0.431. The average molecular weight is 478 g/mol. The van der Waals surface area contributed by atoms with E-state index in [1.807, 2.05) is 36.4 Å². The molecule has 35 heavy (non-hydrogen) atoms. The number of benzene rings is 3. The number of ether oxygens (including phenoxy) is 3. The summed E-state index contributed by atoms with van der Waals surface area (Å²) in [6.45, 7) is 0. The highest BCUT2D eigenvalue weighted by Crippen LogP contribution is 2.36. The van der Waals surface area contributed by atoms with E-state index in [0.29, 0.717) is 28.4 Å². The smallest absolute Gasteiger partial charge is 0.407 e. The van der Waals surface area contributed by atoms with Crippen LogP contribution in [0, 0.1) is 0 Å². The first-order valence-electron chi connectivity index (χ1n) is 10.8. The molecule has 0 aliphatic heterocycles. The van der Waals surface area contributed by atoms with Crippen LogP contribution in [0.25, 0.3) is 0 Å². The summed E-state index contributed by atoms with van der Waals surface area (Å²) in [5.41, 5.74) is 2.00. The summed E-state index contributed by atoms with van der Waals surface area (Å²) in [7, 11) is 4.11. The van der Waals surface area contributed by atoms with Crippen molar-refractivity contribution in [1.82, 2.24) is 5.32 Å². The van der Waals surface area contributed by atoms with Crippen LogP contribution in [0.4, 0.5) is 16.2 Å². The van der Waals surface area contributed by atoms with Gasteiger partial charge in [-0.1, -0.05) is 48.5 Å². The van der Waals surface area contributed by atoms with E-state index < -0.39 is 18.0 Å². The van der Waals surface area contributed by atoms with Gasteiger partial charge in [-0.15, -0.1) is 0 Å². The van der Waals surface area contributed by atoms with E-state index in [-0.39, 0.29) is 12.3 Å². The minimum atomic E-state index is -0.919. The highest BCUT2D eigenvalue weighted by Gasteiger charge is 2.24. The molecule has 3 N–H and O–H groups in total. The Kier molecular flexibility index (Phi) is 8.66. The van der Waals surface area contributed by atoms with Crippen molar-refractivity contribution < 1.29 is 28.6 Å². The molecular formula is C26H27N3O6. The van der Waals surface area contributed by atoms with Crippen molar-refractivity contribution in [3.63, 3.8) is 0 Å². The third-order valence-corrected chi connectivity index (χ3v) is 5.14. The number of hydrogen-bond acceptors (Lipinski definition) is 6. The van der Waals surface area contributed by atoms with Crippen molar-refractivity contribution in [2.75, 3.05) is 32.0 Å². The van der Waals surface area contributed by atoms with Gasteiger partial charge in [0, 0.05) is 24.1 Å². The molecule has 0 spiro atoms. The zero-order valence-electron chi connectivity index (χ0n) is 19.7. The van der Waals surface area contributed by atoms with Gasteiger partial charge in [0.1, 0.15) is 17.5 Å². The Hall–Kier alpha value is -4.53. The van der Waals surface area contributed by atoms with Gasteiger partial charge >= 0.3 is 6.09 Å². The third-order valence-electron chi connectivity index (χ3n) is 5.14. The lowest BCUT2D eigenvalue weighted by Crippen LogP contribution is -2.45. The lowest BCUT2D eigenvalue weighted by Gasteiger charge is -2.20. The predicted octanol–water partition coefficient (Wildman–Crippen LogP) is 3.86. The first-order valence-corrected chi connectivity index (χ1v) is 10.8. The minimum absolute atomic E-state index is 0.243. The molecule has 0 saturated carbocycles. The van der Waals surface area contributed by atoms with Gasteiger partial charge in [-0.05, 0) is 17.7 Å². The van der Waals surface area contributed by atoms with Gasteiger partial charge in [-0.3, -0.25) is 9.59 Å². The summed E-state index contributed by atoms with van der Waals surface area (Å²) in [5, 5.41) is 8.12. The normalized spacial score (nSPS) is 11.1. The van der Waals surface area contributed by atoms with Gasteiger partial charge in [0.2, 0.25) is 5.91 Å². The monoisotopic (exact) mass is 477 g/mol. The molecule has 0 radical (unpaired) electrons. The van der Waals surface area contributed by atoms with E-state index in [1.54, 1.807) is 30.3 Å². The molecule has 3 aromatic rings. The molecule has 0 heterocycles. The third kappa shape index (κ3) is 6.73. The van der Waals surface area contributed by atoms with Crippen LogP contribution in [0.2, 0.25) is 0 Å². The van der Waals surface area contributed by atoms with Crippen molar-refractivity contribution in [2.45, 2.75) is 12.5 Å². The van der Waals surface area contributed by atoms with Crippen molar-refractivity contribution in [3.05, 3.63) is 83.9 Å². The number of anilines is 2.